The first-order valence-corrected chi connectivity index (χ1v) is 19.7. The number of piperazine rings is 1. The van der Waals surface area contributed by atoms with Crippen LogP contribution in [0, 0.1) is 5.92 Å². The summed E-state index contributed by atoms with van der Waals surface area (Å²) >= 11 is 0. The molecule has 4 atom stereocenters. The molecule has 2 fully saturated rings. The van der Waals surface area contributed by atoms with Crippen LogP contribution >= 0.6 is 0 Å². The first-order chi connectivity index (χ1) is 22.9. The van der Waals surface area contributed by atoms with Gasteiger partial charge in [-0.3, -0.25) is 19.2 Å². The maximum atomic E-state index is 16.4. The number of aliphatic hydroxyl groups is 1. The number of carbonyl (C=O) groups is 4. The topological polar surface area (TPSA) is 129 Å². The molecule has 0 aromatic heterocycles. The molecular formula is C35H47FN4O7Si. The molecule has 1 spiro atoms. The van der Waals surface area contributed by atoms with E-state index in [1.54, 1.807) is 27.8 Å². The molecule has 5 rings (SSSR count). The number of hydrogen-bond acceptors (Lipinski definition) is 8. The largest absolute Gasteiger partial charge is 0.469 e. The van der Waals surface area contributed by atoms with Crippen LogP contribution in [0.4, 0.5) is 15.5 Å². The second kappa shape index (κ2) is 14.9. The van der Waals surface area contributed by atoms with E-state index in [9.17, 15) is 24.3 Å². The van der Waals surface area contributed by atoms with Gasteiger partial charge in [0.1, 0.15) is 0 Å². The Morgan fingerprint density at radius 1 is 1.17 bits per heavy atom. The lowest BCUT2D eigenvalue weighted by Crippen LogP contribution is -2.48. The summed E-state index contributed by atoms with van der Waals surface area (Å²) in [5, 5.41) is 12.9. The van der Waals surface area contributed by atoms with Gasteiger partial charge in [-0.15, -0.1) is 0 Å². The highest BCUT2D eigenvalue weighted by Crippen LogP contribution is 2.60. The average molecular weight is 683 g/mol. The van der Waals surface area contributed by atoms with Crippen LogP contribution in [0.25, 0.3) is 0 Å². The van der Waals surface area contributed by atoms with Crippen molar-refractivity contribution in [1.29, 1.82) is 0 Å². The van der Waals surface area contributed by atoms with Gasteiger partial charge in [0, 0.05) is 61.9 Å². The highest BCUT2D eigenvalue weighted by atomic mass is 28.4. The zero-order chi connectivity index (χ0) is 34.6. The second-order valence-electron chi connectivity index (χ2n) is 13.4. The summed E-state index contributed by atoms with van der Waals surface area (Å²) in [4.78, 5) is 58.0. The Hall–Kier alpha value is -3.65. The Bertz CT molecular complexity index is 1510. The number of fused-ring (bicyclic) bond motifs is 2. The number of ether oxygens (including phenoxy) is 2. The van der Waals surface area contributed by atoms with E-state index >= 15 is 4.11 Å². The van der Waals surface area contributed by atoms with Crippen LogP contribution in [-0.4, -0.2) is 94.6 Å². The van der Waals surface area contributed by atoms with Crippen LogP contribution in [-0.2, 0) is 40.8 Å². The van der Waals surface area contributed by atoms with E-state index in [1.165, 1.54) is 7.11 Å². The molecule has 13 heteroatoms. The van der Waals surface area contributed by atoms with Crippen LogP contribution in [0.1, 0.15) is 43.7 Å². The van der Waals surface area contributed by atoms with Gasteiger partial charge >= 0.3 is 5.97 Å². The number of esters is 1. The molecule has 0 aliphatic carbocycles. The monoisotopic (exact) mass is 682 g/mol. The van der Waals surface area contributed by atoms with Crippen molar-refractivity contribution in [1.82, 2.24) is 10.2 Å². The highest BCUT2D eigenvalue weighted by Gasteiger charge is 2.67. The Labute approximate surface area is 282 Å². The number of aliphatic hydroxyl groups excluding tert-OH is 1. The van der Waals surface area contributed by atoms with Gasteiger partial charge in [0.2, 0.25) is 20.2 Å². The lowest BCUT2D eigenvalue weighted by molar-refractivity contribution is -0.149. The quantitative estimate of drug-likeness (QED) is 0.142. The molecule has 48 heavy (non-hydrogen) atoms. The first kappa shape index (κ1) is 35.6. The van der Waals surface area contributed by atoms with Crippen molar-refractivity contribution in [3.63, 3.8) is 0 Å². The molecule has 2 aromatic carbocycles. The van der Waals surface area contributed by atoms with Gasteiger partial charge in [0.25, 0.3) is 5.91 Å². The van der Waals surface area contributed by atoms with Crippen LogP contribution in [0.2, 0.25) is 18.6 Å². The standard InChI is InChI=1S/C35H47FN4O7Si/c1-24-33(48(3,4)36)29(21-30(42)38(18-19-41)23-25-10-6-5-7-11-25)47-35(24)27-20-26(39-17-15-37-22-31(39)43)13-14-28(27)40(34(35)45)16-9-8-12-32(44)46-2/h5-7,10-11,13-14,20,24,29,33,37,41H,8-9,12,15-19,21-23H2,1-4H3/t24-,29+,33-,35+/m1/s1. The number of amides is 3. The minimum Gasteiger partial charge on any atom is -0.469 e. The Morgan fingerprint density at radius 2 is 1.92 bits per heavy atom. The summed E-state index contributed by atoms with van der Waals surface area (Å²) in [7, 11) is -2.22. The predicted octanol–water partition coefficient (Wildman–Crippen LogP) is 3.50. The normalized spacial score (nSPS) is 23.9. The molecular weight excluding hydrogens is 635 g/mol. The zero-order valence-electron chi connectivity index (χ0n) is 28.2. The minimum atomic E-state index is -3.56. The number of carbonyl (C=O) groups excluding carboxylic acids is 4. The van der Waals surface area contributed by atoms with Crippen molar-refractivity contribution in [3.05, 3.63) is 59.7 Å². The molecule has 0 unspecified atom stereocenters. The summed E-state index contributed by atoms with van der Waals surface area (Å²) in [5.74, 6) is -1.67. The fourth-order valence-corrected chi connectivity index (χ4v) is 10.2. The lowest BCUT2D eigenvalue weighted by atomic mass is 9.82. The zero-order valence-corrected chi connectivity index (χ0v) is 29.2. The van der Waals surface area contributed by atoms with Gasteiger partial charge in [-0.1, -0.05) is 37.3 Å². The molecule has 3 aliphatic rings. The van der Waals surface area contributed by atoms with Gasteiger partial charge in [0.05, 0.1) is 38.5 Å². The molecule has 3 heterocycles. The third kappa shape index (κ3) is 7.05. The van der Waals surface area contributed by atoms with Crippen molar-refractivity contribution < 1.29 is 37.9 Å². The van der Waals surface area contributed by atoms with Gasteiger partial charge in [0.15, 0.2) is 5.60 Å². The Kier molecular flexibility index (Phi) is 11.0. The number of nitrogens with zero attached hydrogens (tertiary/aromatic N) is 3. The van der Waals surface area contributed by atoms with Crippen molar-refractivity contribution in [2.45, 2.75) is 69.5 Å². The van der Waals surface area contributed by atoms with Gasteiger partial charge < -0.3 is 38.7 Å². The number of benzene rings is 2. The maximum Gasteiger partial charge on any atom is 0.305 e. The molecule has 0 bridgehead atoms. The molecule has 3 aliphatic heterocycles. The molecule has 260 valence electrons. The molecule has 11 nitrogen and oxygen atoms in total. The van der Waals surface area contributed by atoms with Gasteiger partial charge in [-0.25, -0.2) is 0 Å². The minimum absolute atomic E-state index is 0.0966. The lowest BCUT2D eigenvalue weighted by Gasteiger charge is -2.32. The summed E-state index contributed by atoms with van der Waals surface area (Å²) in [6, 6.07) is 14.9. The van der Waals surface area contributed by atoms with Crippen LogP contribution in [0.3, 0.4) is 0 Å². The number of methoxy groups -OCH3 is 1. The molecule has 3 amide bonds. The van der Waals surface area contributed by atoms with E-state index in [4.69, 9.17) is 9.47 Å². The summed E-state index contributed by atoms with van der Waals surface area (Å²) in [6.07, 6.45) is 0.204. The number of rotatable bonds is 13. The fraction of sp³-hybridized carbons (Fsp3) is 0.543. The Balaban J connectivity index is 1.51. The third-order valence-corrected chi connectivity index (χ3v) is 12.4. The average Bonchev–Trinajstić information content (AvgIpc) is 3.49. The third-order valence-electron chi connectivity index (χ3n) is 9.90. The Morgan fingerprint density at radius 3 is 2.58 bits per heavy atom. The molecule has 0 radical (unpaired) electrons. The van der Waals surface area contributed by atoms with E-state index in [1.807, 2.05) is 55.5 Å². The first-order valence-electron chi connectivity index (χ1n) is 16.8. The SMILES string of the molecule is COC(=O)CCCCN1C(=O)[C@@]2(O[C@@H](CC(=O)N(CCO)Cc3ccccc3)[C@H]([Si](C)(C)F)[C@H]2C)c2cc(N3CCNCC3=O)ccc21. The van der Waals surface area contributed by atoms with Crippen molar-refractivity contribution in [2.75, 3.05) is 56.2 Å². The van der Waals surface area contributed by atoms with E-state index in [0.717, 1.165) is 5.56 Å². The van der Waals surface area contributed by atoms with Gasteiger partial charge in [-0.2, -0.15) is 0 Å². The highest BCUT2D eigenvalue weighted by molar-refractivity contribution is 6.72. The summed E-state index contributed by atoms with van der Waals surface area (Å²) in [5.41, 5.74) is 0.428. The van der Waals surface area contributed by atoms with Crippen LogP contribution in [0.15, 0.2) is 48.5 Å². The number of unbranched alkanes of at least 4 members (excludes halogenated alkanes) is 1. The predicted molar refractivity (Wildman–Crippen MR) is 182 cm³/mol. The van der Waals surface area contributed by atoms with E-state index < -0.39 is 31.6 Å². The molecule has 2 N–H and O–H groups in total. The van der Waals surface area contributed by atoms with Crippen molar-refractivity contribution in [2.24, 2.45) is 5.92 Å². The van der Waals surface area contributed by atoms with Crippen molar-refractivity contribution >= 4 is 43.5 Å². The van der Waals surface area contributed by atoms with E-state index in [-0.39, 0.29) is 62.8 Å². The number of anilines is 2. The smallest absolute Gasteiger partial charge is 0.305 e. The van der Waals surface area contributed by atoms with Crippen molar-refractivity contribution in [3.8, 4) is 0 Å². The molecule has 2 aromatic rings. The summed E-state index contributed by atoms with van der Waals surface area (Å²) < 4.78 is 28.0. The van der Waals surface area contributed by atoms with E-state index in [2.05, 4.69) is 5.32 Å². The second-order valence-corrected chi connectivity index (χ2v) is 17.2. The van der Waals surface area contributed by atoms with Gasteiger partial charge in [-0.05, 0) is 49.7 Å². The number of nitrogens with one attached hydrogen (secondary N) is 1. The fourth-order valence-electron chi connectivity index (χ4n) is 7.66. The summed E-state index contributed by atoms with van der Waals surface area (Å²) in [6.45, 7) is 6.73. The maximum absolute atomic E-state index is 16.4. The number of halogens is 1. The van der Waals surface area contributed by atoms with E-state index in [0.29, 0.717) is 49.4 Å². The van der Waals surface area contributed by atoms with Crippen LogP contribution < -0.4 is 15.1 Å². The van der Waals surface area contributed by atoms with Crippen LogP contribution in [0.5, 0.6) is 0 Å². The molecule has 2 saturated heterocycles. The molecule has 0 saturated carbocycles. The number of hydrogen-bond donors (Lipinski definition) is 2.